The van der Waals surface area contributed by atoms with Crippen molar-refractivity contribution in [2.75, 3.05) is 5.32 Å². The Morgan fingerprint density at radius 3 is 2.31 bits per heavy atom. The molecule has 5 nitrogen and oxygen atoms in total. The second kappa shape index (κ2) is 8.48. The fourth-order valence-electron chi connectivity index (χ4n) is 2.20. The zero-order valence-corrected chi connectivity index (χ0v) is 15.8. The standard InChI is InChI=1S/C20H15IN2O3/c21-15-8-10-16(11-9-15)22-19(24)17(13-14-5-2-1-3-6-14)23-20(25)18-7-4-12-26-18/h1-13H,(H,22,24)(H,23,25)/b17-13-. The van der Waals surface area contributed by atoms with Crippen LogP contribution in [0.25, 0.3) is 6.08 Å². The normalized spacial score (nSPS) is 11.0. The van der Waals surface area contributed by atoms with Crippen molar-refractivity contribution in [1.29, 1.82) is 0 Å². The summed E-state index contributed by atoms with van der Waals surface area (Å²) in [5.74, 6) is -0.782. The Bertz CT molecular complexity index is 917. The van der Waals surface area contributed by atoms with Crippen LogP contribution in [-0.4, -0.2) is 11.8 Å². The van der Waals surface area contributed by atoms with Crippen LogP contribution in [0.4, 0.5) is 5.69 Å². The first kappa shape index (κ1) is 17.9. The monoisotopic (exact) mass is 458 g/mol. The number of amides is 2. The Balaban J connectivity index is 1.84. The molecular formula is C20H15IN2O3. The molecule has 0 aliphatic carbocycles. The van der Waals surface area contributed by atoms with Gasteiger partial charge in [0.2, 0.25) is 0 Å². The minimum absolute atomic E-state index is 0.121. The van der Waals surface area contributed by atoms with Crippen molar-refractivity contribution >= 4 is 46.2 Å². The average Bonchev–Trinajstić information content (AvgIpc) is 3.19. The van der Waals surface area contributed by atoms with Crippen LogP contribution in [0.5, 0.6) is 0 Å². The van der Waals surface area contributed by atoms with Gasteiger partial charge in [-0.1, -0.05) is 30.3 Å². The number of furan rings is 1. The van der Waals surface area contributed by atoms with Crippen LogP contribution in [-0.2, 0) is 4.79 Å². The fourth-order valence-corrected chi connectivity index (χ4v) is 2.56. The third-order valence-corrected chi connectivity index (χ3v) is 4.17. The van der Waals surface area contributed by atoms with Crippen LogP contribution >= 0.6 is 22.6 Å². The van der Waals surface area contributed by atoms with Crippen molar-refractivity contribution in [3.05, 3.63) is 93.6 Å². The number of rotatable bonds is 5. The fraction of sp³-hybridized carbons (Fsp3) is 0. The maximum Gasteiger partial charge on any atom is 0.291 e. The van der Waals surface area contributed by atoms with Crippen LogP contribution in [0.1, 0.15) is 16.1 Å². The first-order valence-corrected chi connectivity index (χ1v) is 8.88. The van der Waals surface area contributed by atoms with E-state index in [0.717, 1.165) is 9.13 Å². The van der Waals surface area contributed by atoms with Gasteiger partial charge in [0.25, 0.3) is 11.8 Å². The molecule has 0 aliphatic heterocycles. The summed E-state index contributed by atoms with van der Waals surface area (Å²) in [6.07, 6.45) is 3.02. The maximum absolute atomic E-state index is 12.7. The van der Waals surface area contributed by atoms with Crippen LogP contribution in [0.15, 0.2) is 83.1 Å². The lowest BCUT2D eigenvalue weighted by atomic mass is 10.2. The third kappa shape index (κ3) is 4.82. The first-order chi connectivity index (χ1) is 12.6. The van der Waals surface area contributed by atoms with Gasteiger partial charge in [0.1, 0.15) is 5.70 Å². The lowest BCUT2D eigenvalue weighted by Gasteiger charge is -2.10. The third-order valence-electron chi connectivity index (χ3n) is 3.45. The van der Waals surface area contributed by atoms with E-state index in [-0.39, 0.29) is 11.5 Å². The summed E-state index contributed by atoms with van der Waals surface area (Å²) in [6.45, 7) is 0. The van der Waals surface area contributed by atoms with Crippen LogP contribution in [0.3, 0.4) is 0 Å². The molecule has 0 saturated heterocycles. The quantitative estimate of drug-likeness (QED) is 0.443. The molecular weight excluding hydrogens is 443 g/mol. The molecule has 130 valence electrons. The number of anilines is 1. The molecule has 26 heavy (non-hydrogen) atoms. The molecule has 0 spiro atoms. The summed E-state index contributed by atoms with van der Waals surface area (Å²) >= 11 is 2.19. The summed E-state index contributed by atoms with van der Waals surface area (Å²) < 4.78 is 6.15. The van der Waals surface area contributed by atoms with E-state index < -0.39 is 11.8 Å². The van der Waals surface area contributed by atoms with Gasteiger partial charge in [-0.25, -0.2) is 0 Å². The van der Waals surface area contributed by atoms with Gasteiger partial charge in [-0.3, -0.25) is 9.59 Å². The van der Waals surface area contributed by atoms with E-state index in [1.165, 1.54) is 12.3 Å². The second-order valence-electron chi connectivity index (χ2n) is 5.36. The highest BCUT2D eigenvalue weighted by Crippen LogP contribution is 2.13. The van der Waals surface area contributed by atoms with Crippen LogP contribution < -0.4 is 10.6 Å². The maximum atomic E-state index is 12.7. The molecule has 0 saturated carbocycles. The molecule has 2 N–H and O–H groups in total. The van der Waals surface area contributed by atoms with Gasteiger partial charge < -0.3 is 15.1 Å². The SMILES string of the molecule is O=C(Nc1ccc(I)cc1)/C(=C/c1ccccc1)NC(=O)c1ccco1. The van der Waals surface area contributed by atoms with Crippen LogP contribution in [0.2, 0.25) is 0 Å². The van der Waals surface area contributed by atoms with E-state index in [1.807, 2.05) is 42.5 Å². The van der Waals surface area contributed by atoms with Gasteiger partial charge in [-0.2, -0.15) is 0 Å². The highest BCUT2D eigenvalue weighted by Gasteiger charge is 2.16. The van der Waals surface area contributed by atoms with Crippen molar-refractivity contribution in [3.8, 4) is 0 Å². The van der Waals surface area contributed by atoms with Gasteiger partial charge in [-0.15, -0.1) is 0 Å². The molecule has 2 amide bonds. The van der Waals surface area contributed by atoms with Crippen molar-refractivity contribution in [1.82, 2.24) is 5.32 Å². The molecule has 0 unspecified atom stereocenters. The predicted octanol–water partition coefficient (Wildman–Crippen LogP) is 4.29. The molecule has 0 fully saturated rings. The lowest BCUT2D eigenvalue weighted by molar-refractivity contribution is -0.113. The molecule has 1 aromatic heterocycles. The van der Waals surface area contributed by atoms with Crippen molar-refractivity contribution < 1.29 is 14.0 Å². The van der Waals surface area contributed by atoms with Crippen LogP contribution in [0, 0.1) is 3.57 Å². The Kier molecular flexibility index (Phi) is 5.85. The number of halogens is 1. The zero-order chi connectivity index (χ0) is 18.4. The number of benzene rings is 2. The summed E-state index contributed by atoms with van der Waals surface area (Å²) in [4.78, 5) is 25.0. The van der Waals surface area contributed by atoms with Gasteiger partial charge in [0.15, 0.2) is 5.76 Å². The van der Waals surface area contributed by atoms with E-state index >= 15 is 0 Å². The molecule has 3 rings (SSSR count). The van der Waals surface area contributed by atoms with E-state index in [4.69, 9.17) is 4.42 Å². The highest BCUT2D eigenvalue weighted by molar-refractivity contribution is 14.1. The molecule has 2 aromatic carbocycles. The van der Waals surface area contributed by atoms with E-state index in [1.54, 1.807) is 24.3 Å². The molecule has 0 atom stereocenters. The summed E-state index contributed by atoms with van der Waals surface area (Å²) in [6, 6.07) is 19.8. The van der Waals surface area contributed by atoms with Crippen molar-refractivity contribution in [3.63, 3.8) is 0 Å². The molecule has 0 aliphatic rings. The smallest absolute Gasteiger partial charge is 0.291 e. The number of hydrogen-bond acceptors (Lipinski definition) is 3. The number of nitrogens with one attached hydrogen (secondary N) is 2. The Hall–Kier alpha value is -2.87. The minimum Gasteiger partial charge on any atom is -0.459 e. The first-order valence-electron chi connectivity index (χ1n) is 7.80. The molecule has 6 heteroatoms. The van der Waals surface area contributed by atoms with Gasteiger partial charge in [-0.05, 0) is 70.6 Å². The van der Waals surface area contributed by atoms with Gasteiger partial charge >= 0.3 is 0 Å². The topological polar surface area (TPSA) is 71.3 Å². The number of carbonyl (C=O) groups excluding carboxylic acids is 2. The van der Waals surface area contributed by atoms with E-state index in [0.29, 0.717) is 5.69 Å². The highest BCUT2D eigenvalue weighted by atomic mass is 127. The zero-order valence-electron chi connectivity index (χ0n) is 13.6. The van der Waals surface area contributed by atoms with E-state index in [9.17, 15) is 9.59 Å². The van der Waals surface area contributed by atoms with E-state index in [2.05, 4.69) is 33.2 Å². The summed E-state index contributed by atoms with van der Waals surface area (Å²) in [5.41, 5.74) is 1.55. The van der Waals surface area contributed by atoms with Gasteiger partial charge in [0.05, 0.1) is 6.26 Å². The van der Waals surface area contributed by atoms with Gasteiger partial charge in [0, 0.05) is 9.26 Å². The largest absolute Gasteiger partial charge is 0.459 e. The summed E-state index contributed by atoms with van der Waals surface area (Å²) in [5, 5.41) is 5.40. The molecule has 0 bridgehead atoms. The minimum atomic E-state index is -0.491. The molecule has 3 aromatic rings. The Morgan fingerprint density at radius 1 is 0.923 bits per heavy atom. The lowest BCUT2D eigenvalue weighted by Crippen LogP contribution is -2.30. The average molecular weight is 458 g/mol. The Labute approximate surface area is 164 Å². The molecule has 0 radical (unpaired) electrons. The molecule has 1 heterocycles. The second-order valence-corrected chi connectivity index (χ2v) is 6.61. The van der Waals surface area contributed by atoms with Crippen molar-refractivity contribution in [2.45, 2.75) is 0 Å². The number of hydrogen-bond donors (Lipinski definition) is 2. The predicted molar refractivity (Wildman–Crippen MR) is 108 cm³/mol. The van der Waals surface area contributed by atoms with Crippen molar-refractivity contribution in [2.24, 2.45) is 0 Å². The summed E-state index contributed by atoms with van der Waals surface area (Å²) in [7, 11) is 0. The Morgan fingerprint density at radius 2 is 1.65 bits per heavy atom. The number of carbonyl (C=O) groups is 2.